The lowest BCUT2D eigenvalue weighted by Crippen LogP contribution is -2.32. The van der Waals surface area contributed by atoms with Crippen LogP contribution < -0.4 is 21.3 Å². The number of hydrogen-bond acceptors (Lipinski definition) is 12. The SMILES string of the molecule is CCCCCCCCCCCCOC(OCCCCCCCCCCCC)=C(c1ccc(-n2cc(CN3CCCNCCCNCCC3)nn2)cc1)c1ccc(-n2cc(CN3CCCNCCCNCCC3)nn2)cc1. The second kappa shape index (κ2) is 39.2. The predicted molar refractivity (Wildman–Crippen MR) is 314 cm³/mol. The Balaban J connectivity index is 1.19. The molecule has 4 heterocycles. The van der Waals surface area contributed by atoms with Crippen molar-refractivity contribution in [2.45, 2.75) is 194 Å². The molecule has 14 nitrogen and oxygen atoms in total. The third-order valence-electron chi connectivity index (χ3n) is 15.1. The molecule has 2 fully saturated rings. The first-order valence-corrected chi connectivity index (χ1v) is 31.0. The van der Waals surface area contributed by atoms with E-state index in [1.807, 2.05) is 9.36 Å². The van der Waals surface area contributed by atoms with Crippen LogP contribution in [0.15, 0.2) is 66.9 Å². The van der Waals surface area contributed by atoms with Crippen LogP contribution in [0.25, 0.3) is 16.9 Å². The maximum Gasteiger partial charge on any atom is 0.287 e. The molecule has 0 radical (unpaired) electrons. The van der Waals surface area contributed by atoms with E-state index in [9.17, 15) is 0 Å². The summed E-state index contributed by atoms with van der Waals surface area (Å²) >= 11 is 0. The molecule has 76 heavy (non-hydrogen) atoms. The van der Waals surface area contributed by atoms with Crippen LogP contribution >= 0.6 is 0 Å². The molecule has 2 aromatic heterocycles. The molecule has 0 bridgehead atoms. The zero-order valence-corrected chi connectivity index (χ0v) is 47.9. The number of nitrogens with one attached hydrogen (secondary N) is 4. The second-order valence-corrected chi connectivity index (χ2v) is 21.8. The van der Waals surface area contributed by atoms with Crippen LogP contribution in [0.2, 0.25) is 0 Å². The van der Waals surface area contributed by atoms with E-state index in [4.69, 9.17) is 9.47 Å². The van der Waals surface area contributed by atoms with Crippen molar-refractivity contribution in [3.8, 4) is 11.4 Å². The van der Waals surface area contributed by atoms with Crippen molar-refractivity contribution < 1.29 is 9.47 Å². The van der Waals surface area contributed by atoms with Gasteiger partial charge in [0.2, 0.25) is 0 Å². The Morgan fingerprint density at radius 2 is 0.724 bits per heavy atom. The summed E-state index contributed by atoms with van der Waals surface area (Å²) in [5.74, 6) is 0.617. The van der Waals surface area contributed by atoms with Crippen LogP contribution in [-0.4, -0.2) is 132 Å². The van der Waals surface area contributed by atoms with Gasteiger partial charge in [-0.2, -0.15) is 0 Å². The minimum Gasteiger partial charge on any atom is -0.465 e. The first-order valence-electron chi connectivity index (χ1n) is 31.0. The molecule has 2 saturated heterocycles. The summed E-state index contributed by atoms with van der Waals surface area (Å²) in [5, 5.41) is 33.0. The number of benzene rings is 2. The summed E-state index contributed by atoms with van der Waals surface area (Å²) in [6, 6.07) is 17.4. The normalized spacial score (nSPS) is 16.3. The fourth-order valence-electron chi connectivity index (χ4n) is 10.5. The zero-order chi connectivity index (χ0) is 52.8. The summed E-state index contributed by atoms with van der Waals surface area (Å²) in [6.45, 7) is 20.1. The number of ether oxygens (including phenoxy) is 2. The first kappa shape index (κ1) is 61.0. The average Bonchev–Trinajstić information content (AvgIpc) is 4.12. The van der Waals surface area contributed by atoms with E-state index in [-0.39, 0.29) is 0 Å². The molecule has 4 aromatic rings. The molecule has 14 heteroatoms. The van der Waals surface area contributed by atoms with Crippen molar-refractivity contribution in [3.63, 3.8) is 0 Å². The third kappa shape index (κ3) is 24.7. The fourth-order valence-corrected chi connectivity index (χ4v) is 10.5. The first-order chi connectivity index (χ1) is 37.7. The van der Waals surface area contributed by atoms with Crippen molar-refractivity contribution in [1.29, 1.82) is 0 Å². The van der Waals surface area contributed by atoms with Crippen molar-refractivity contribution in [3.05, 3.63) is 89.4 Å². The summed E-state index contributed by atoms with van der Waals surface area (Å²) in [7, 11) is 0. The lowest BCUT2D eigenvalue weighted by molar-refractivity contribution is 0.0346. The van der Waals surface area contributed by atoms with Crippen molar-refractivity contribution in [2.24, 2.45) is 0 Å². The topological polar surface area (TPSA) is 134 Å². The standard InChI is InChI=1S/C62H104N12O2/c1-3-5-7-9-11-13-15-17-19-21-49-75-62(76-50-22-20-18-16-14-12-10-8-6-4-2)61(55-29-33-59(34-30-55)73-53-57(67-69-73)51-71-45-25-41-63-37-23-38-64-42-26-46-71)56-31-35-60(36-32-56)74-54-58(68-70-74)52-72-47-27-43-65-39-24-40-66-44-28-48-72/h29-36,53-54,63-66H,3-28,37-52H2,1-2H3. The Bertz CT molecular complexity index is 1900. The van der Waals surface area contributed by atoms with Gasteiger partial charge >= 0.3 is 0 Å². The van der Waals surface area contributed by atoms with E-state index in [2.05, 4.69) is 126 Å². The molecule has 0 spiro atoms. The van der Waals surface area contributed by atoms with Gasteiger partial charge in [0, 0.05) is 13.1 Å². The fraction of sp³-hybridized carbons (Fsp3) is 0.710. The van der Waals surface area contributed by atoms with Gasteiger partial charge in [-0.25, -0.2) is 9.36 Å². The highest BCUT2D eigenvalue weighted by molar-refractivity contribution is 5.81. The minimum atomic E-state index is 0.617. The summed E-state index contributed by atoms with van der Waals surface area (Å²) in [5.41, 5.74) is 6.98. The van der Waals surface area contributed by atoms with E-state index in [1.165, 1.54) is 116 Å². The highest BCUT2D eigenvalue weighted by Gasteiger charge is 2.19. The highest BCUT2D eigenvalue weighted by atomic mass is 16.7. The van der Waals surface area contributed by atoms with E-state index in [0.717, 1.165) is 182 Å². The quantitative estimate of drug-likeness (QED) is 0.0274. The van der Waals surface area contributed by atoms with Crippen molar-refractivity contribution in [1.82, 2.24) is 61.1 Å². The van der Waals surface area contributed by atoms with Gasteiger partial charge < -0.3 is 30.7 Å². The maximum atomic E-state index is 6.82. The Morgan fingerprint density at radius 3 is 1.07 bits per heavy atom. The Labute approximate surface area is 460 Å². The van der Waals surface area contributed by atoms with Gasteiger partial charge in [0.25, 0.3) is 5.95 Å². The Morgan fingerprint density at radius 1 is 0.408 bits per heavy atom. The van der Waals surface area contributed by atoms with Crippen LogP contribution in [-0.2, 0) is 22.6 Å². The lowest BCUT2D eigenvalue weighted by Gasteiger charge is -2.22. The molecular weight excluding hydrogens is 945 g/mol. The van der Waals surface area contributed by atoms with Crippen molar-refractivity contribution in [2.75, 3.05) is 91.8 Å². The molecule has 0 unspecified atom stereocenters. The molecule has 6 rings (SSSR count). The van der Waals surface area contributed by atoms with Crippen LogP contribution in [0.4, 0.5) is 0 Å². The Hall–Kier alpha value is -4.18. The van der Waals surface area contributed by atoms with Crippen LogP contribution in [0.1, 0.15) is 203 Å². The monoisotopic (exact) mass is 1050 g/mol. The molecule has 2 aliphatic heterocycles. The van der Waals surface area contributed by atoms with Crippen molar-refractivity contribution >= 4 is 5.57 Å². The zero-order valence-electron chi connectivity index (χ0n) is 47.9. The van der Waals surface area contributed by atoms with Gasteiger partial charge in [-0.3, -0.25) is 9.80 Å². The molecule has 424 valence electrons. The third-order valence-corrected chi connectivity index (χ3v) is 15.1. The molecule has 0 saturated carbocycles. The number of rotatable bonds is 32. The van der Waals surface area contributed by atoms with Gasteiger partial charge in [0.05, 0.1) is 53.9 Å². The van der Waals surface area contributed by atoms with Gasteiger partial charge in [-0.1, -0.05) is 164 Å². The molecule has 0 aliphatic carbocycles. The predicted octanol–water partition coefficient (Wildman–Crippen LogP) is 11.8. The molecule has 0 atom stereocenters. The van der Waals surface area contributed by atoms with E-state index < -0.39 is 0 Å². The second-order valence-electron chi connectivity index (χ2n) is 21.8. The summed E-state index contributed by atoms with van der Waals surface area (Å²) in [4.78, 5) is 5.05. The van der Waals surface area contributed by atoms with Gasteiger partial charge in [0.15, 0.2) is 0 Å². The highest BCUT2D eigenvalue weighted by Crippen LogP contribution is 2.31. The number of nitrogens with zero attached hydrogens (tertiary/aromatic N) is 8. The maximum absolute atomic E-state index is 6.82. The van der Waals surface area contributed by atoms with Gasteiger partial charge in [-0.05, 0) is 165 Å². The summed E-state index contributed by atoms with van der Waals surface area (Å²) < 4.78 is 17.5. The molecule has 2 aromatic carbocycles. The molecule has 2 aliphatic rings. The largest absolute Gasteiger partial charge is 0.465 e. The smallest absolute Gasteiger partial charge is 0.287 e. The van der Waals surface area contributed by atoms with Crippen LogP contribution in [0.5, 0.6) is 0 Å². The van der Waals surface area contributed by atoms with Gasteiger partial charge in [0.1, 0.15) is 0 Å². The molecule has 4 N–H and O–H groups in total. The molecular formula is C62H104N12O2. The van der Waals surface area contributed by atoms with E-state index in [1.54, 1.807) is 0 Å². The van der Waals surface area contributed by atoms with E-state index >= 15 is 0 Å². The number of aromatic nitrogens is 6. The minimum absolute atomic E-state index is 0.617. The van der Waals surface area contributed by atoms with Crippen LogP contribution in [0, 0.1) is 0 Å². The average molecular weight is 1050 g/mol. The number of hydrogen-bond donors (Lipinski definition) is 4. The van der Waals surface area contributed by atoms with Crippen LogP contribution in [0.3, 0.4) is 0 Å². The molecule has 0 amide bonds. The van der Waals surface area contributed by atoms with E-state index in [0.29, 0.717) is 19.2 Å². The lowest BCUT2D eigenvalue weighted by atomic mass is 9.98. The number of unbranched alkanes of at least 4 members (excludes halogenated alkanes) is 18. The Kier molecular flexibility index (Phi) is 31.5. The van der Waals surface area contributed by atoms with Gasteiger partial charge in [-0.15, -0.1) is 10.2 Å². The summed E-state index contributed by atoms with van der Waals surface area (Å²) in [6.07, 6.45) is 36.7.